The second-order valence-corrected chi connectivity index (χ2v) is 6.59. The van der Waals surface area contributed by atoms with Gasteiger partial charge in [0, 0.05) is 24.5 Å². The summed E-state index contributed by atoms with van der Waals surface area (Å²) in [6, 6.07) is 7.21. The molecule has 1 saturated heterocycles. The molecule has 0 aliphatic carbocycles. The Morgan fingerprint density at radius 1 is 1.39 bits per heavy atom. The van der Waals surface area contributed by atoms with Crippen LogP contribution in [0.25, 0.3) is 0 Å². The molecule has 1 heterocycles. The molecule has 6 heteroatoms. The Hall–Kier alpha value is -1.75. The summed E-state index contributed by atoms with van der Waals surface area (Å²) < 4.78 is 5.40. The van der Waals surface area contributed by atoms with Crippen LogP contribution in [0.3, 0.4) is 0 Å². The van der Waals surface area contributed by atoms with Crippen molar-refractivity contribution in [1.29, 1.82) is 0 Å². The lowest BCUT2D eigenvalue weighted by Gasteiger charge is -2.23. The Kier molecular flexibility index (Phi) is 5.52. The van der Waals surface area contributed by atoms with Crippen LogP contribution in [0.5, 0.6) is 5.75 Å². The molecule has 0 saturated carbocycles. The van der Waals surface area contributed by atoms with Gasteiger partial charge in [0.15, 0.2) is 0 Å². The molecule has 0 radical (unpaired) electrons. The van der Waals surface area contributed by atoms with E-state index >= 15 is 0 Å². The number of nitrogens with zero attached hydrogens (tertiary/aromatic N) is 1. The van der Waals surface area contributed by atoms with Crippen molar-refractivity contribution in [2.24, 2.45) is 5.41 Å². The lowest BCUT2D eigenvalue weighted by atomic mass is 9.95. The molecule has 2 amide bonds. The third-order valence-electron chi connectivity index (χ3n) is 3.87. The fourth-order valence-electron chi connectivity index (χ4n) is 2.38. The monoisotopic (exact) mass is 338 g/mol. The van der Waals surface area contributed by atoms with Gasteiger partial charge in [0.25, 0.3) is 0 Å². The first-order valence-corrected chi connectivity index (χ1v) is 8.31. The number of nitrogens with one attached hydrogen (secondary N) is 1. The molecule has 0 bridgehead atoms. The van der Waals surface area contributed by atoms with E-state index in [4.69, 9.17) is 16.3 Å². The molecule has 1 aromatic carbocycles. The summed E-state index contributed by atoms with van der Waals surface area (Å²) >= 11 is 5.82. The topological polar surface area (TPSA) is 58.6 Å². The first-order chi connectivity index (χ1) is 10.9. The van der Waals surface area contributed by atoms with Crippen LogP contribution >= 0.6 is 11.6 Å². The Labute approximate surface area is 141 Å². The molecule has 1 aliphatic rings. The number of amides is 2. The summed E-state index contributed by atoms with van der Waals surface area (Å²) in [4.78, 5) is 26.1. The SMILES string of the molecule is CCOc1ccc(N2C[C@H](NC(=O)C(C)(C)CCl)CC2=O)cc1. The molecule has 23 heavy (non-hydrogen) atoms. The summed E-state index contributed by atoms with van der Waals surface area (Å²) in [6.07, 6.45) is 0.303. The molecule has 1 aliphatic heterocycles. The third kappa shape index (κ3) is 4.16. The summed E-state index contributed by atoms with van der Waals surface area (Å²) in [5.41, 5.74) is 0.170. The van der Waals surface area contributed by atoms with Crippen LogP contribution < -0.4 is 15.0 Å². The lowest BCUT2D eigenvalue weighted by molar-refractivity contribution is -0.128. The Morgan fingerprint density at radius 3 is 2.61 bits per heavy atom. The zero-order valence-electron chi connectivity index (χ0n) is 13.8. The van der Waals surface area contributed by atoms with Gasteiger partial charge in [-0.3, -0.25) is 9.59 Å². The first-order valence-electron chi connectivity index (χ1n) is 7.77. The van der Waals surface area contributed by atoms with Crippen molar-refractivity contribution in [2.75, 3.05) is 23.9 Å². The number of hydrogen-bond donors (Lipinski definition) is 1. The Balaban J connectivity index is 2.01. The van der Waals surface area contributed by atoms with E-state index in [1.807, 2.05) is 31.2 Å². The van der Waals surface area contributed by atoms with Gasteiger partial charge in [0.1, 0.15) is 5.75 Å². The predicted octanol–water partition coefficient (Wildman–Crippen LogP) is 2.57. The van der Waals surface area contributed by atoms with E-state index < -0.39 is 5.41 Å². The van der Waals surface area contributed by atoms with Gasteiger partial charge in [-0.1, -0.05) is 0 Å². The van der Waals surface area contributed by atoms with E-state index in [0.29, 0.717) is 19.6 Å². The van der Waals surface area contributed by atoms with Gasteiger partial charge in [-0.2, -0.15) is 0 Å². The Morgan fingerprint density at radius 2 is 2.04 bits per heavy atom. The van der Waals surface area contributed by atoms with Crippen LogP contribution in [0.4, 0.5) is 5.69 Å². The van der Waals surface area contributed by atoms with Gasteiger partial charge in [-0.15, -0.1) is 11.6 Å². The second-order valence-electron chi connectivity index (χ2n) is 6.32. The van der Waals surface area contributed by atoms with Gasteiger partial charge in [-0.25, -0.2) is 0 Å². The van der Waals surface area contributed by atoms with Crippen molar-refractivity contribution >= 4 is 29.1 Å². The normalized spacial score (nSPS) is 18.2. The molecule has 5 nitrogen and oxygen atoms in total. The fraction of sp³-hybridized carbons (Fsp3) is 0.529. The number of anilines is 1. The Bertz CT molecular complexity index is 572. The van der Waals surface area contributed by atoms with E-state index in [1.54, 1.807) is 18.7 Å². The van der Waals surface area contributed by atoms with Crippen LogP contribution in [0.2, 0.25) is 0 Å². The van der Waals surface area contributed by atoms with Crippen molar-refractivity contribution in [2.45, 2.75) is 33.2 Å². The smallest absolute Gasteiger partial charge is 0.229 e. The maximum Gasteiger partial charge on any atom is 0.229 e. The molecule has 0 spiro atoms. The first kappa shape index (κ1) is 17.6. The summed E-state index contributed by atoms with van der Waals surface area (Å²) in [5.74, 6) is 0.890. The number of carbonyl (C=O) groups is 2. The van der Waals surface area contributed by atoms with E-state index in [9.17, 15) is 9.59 Å². The lowest BCUT2D eigenvalue weighted by Crippen LogP contribution is -2.44. The van der Waals surface area contributed by atoms with Gasteiger partial charge in [0.05, 0.1) is 18.1 Å². The molecular weight excluding hydrogens is 316 g/mol. The minimum absolute atomic E-state index is 0.00291. The van der Waals surface area contributed by atoms with Crippen molar-refractivity contribution < 1.29 is 14.3 Å². The van der Waals surface area contributed by atoms with Crippen LogP contribution in [-0.2, 0) is 9.59 Å². The quantitative estimate of drug-likeness (QED) is 0.811. The molecule has 0 unspecified atom stereocenters. The third-order valence-corrected chi connectivity index (χ3v) is 4.54. The van der Waals surface area contributed by atoms with Gasteiger partial charge >= 0.3 is 0 Å². The summed E-state index contributed by atoms with van der Waals surface area (Å²) in [6.45, 7) is 6.57. The van der Waals surface area contributed by atoms with Crippen LogP contribution in [0.1, 0.15) is 27.2 Å². The molecule has 1 N–H and O–H groups in total. The van der Waals surface area contributed by atoms with E-state index in [2.05, 4.69) is 5.32 Å². The van der Waals surface area contributed by atoms with Crippen LogP contribution in [-0.4, -0.2) is 36.9 Å². The molecule has 1 atom stereocenters. The van der Waals surface area contributed by atoms with E-state index in [1.165, 1.54) is 0 Å². The molecule has 1 aromatic rings. The average molecular weight is 339 g/mol. The average Bonchev–Trinajstić information content (AvgIpc) is 2.89. The number of benzene rings is 1. The maximum absolute atomic E-state index is 12.2. The molecule has 126 valence electrons. The number of ether oxygens (including phenoxy) is 1. The number of halogens is 1. The predicted molar refractivity (Wildman–Crippen MR) is 91.0 cm³/mol. The molecule has 1 fully saturated rings. The minimum Gasteiger partial charge on any atom is -0.494 e. The van der Waals surface area contributed by atoms with Gasteiger partial charge in [0.2, 0.25) is 11.8 Å². The highest BCUT2D eigenvalue weighted by atomic mass is 35.5. The molecule has 0 aromatic heterocycles. The standard InChI is InChI=1S/C17H23ClN2O3/c1-4-23-14-7-5-13(6-8-14)20-10-12(9-15(20)21)19-16(22)17(2,3)11-18/h5-8,12H,4,9-11H2,1-3H3,(H,19,22)/t12-/m1/s1. The van der Waals surface area contributed by atoms with E-state index in [0.717, 1.165) is 11.4 Å². The number of alkyl halides is 1. The van der Waals surface area contributed by atoms with Crippen LogP contribution in [0, 0.1) is 5.41 Å². The number of carbonyl (C=O) groups excluding carboxylic acids is 2. The summed E-state index contributed by atoms with van der Waals surface area (Å²) in [5, 5.41) is 2.92. The highest BCUT2D eigenvalue weighted by Crippen LogP contribution is 2.25. The summed E-state index contributed by atoms with van der Waals surface area (Å²) in [7, 11) is 0. The van der Waals surface area contributed by atoms with Gasteiger partial charge in [-0.05, 0) is 45.0 Å². The van der Waals surface area contributed by atoms with Crippen molar-refractivity contribution in [3.8, 4) is 5.75 Å². The number of hydrogen-bond acceptors (Lipinski definition) is 3. The van der Waals surface area contributed by atoms with Crippen molar-refractivity contribution in [3.63, 3.8) is 0 Å². The molecular formula is C17H23ClN2O3. The number of rotatable bonds is 6. The highest BCUT2D eigenvalue weighted by molar-refractivity contribution is 6.19. The highest BCUT2D eigenvalue weighted by Gasteiger charge is 2.35. The fourth-order valence-corrected chi connectivity index (χ4v) is 2.51. The minimum atomic E-state index is -0.642. The largest absolute Gasteiger partial charge is 0.494 e. The van der Waals surface area contributed by atoms with Crippen molar-refractivity contribution in [3.05, 3.63) is 24.3 Å². The zero-order valence-corrected chi connectivity index (χ0v) is 14.5. The molecule has 2 rings (SSSR count). The zero-order chi connectivity index (χ0) is 17.0. The second kappa shape index (κ2) is 7.21. The van der Waals surface area contributed by atoms with Crippen molar-refractivity contribution in [1.82, 2.24) is 5.32 Å². The van der Waals surface area contributed by atoms with E-state index in [-0.39, 0.29) is 23.7 Å². The van der Waals surface area contributed by atoms with Gasteiger partial charge < -0.3 is 15.0 Å². The maximum atomic E-state index is 12.2. The van der Waals surface area contributed by atoms with Crippen LogP contribution in [0.15, 0.2) is 24.3 Å².